The quantitative estimate of drug-likeness (QED) is 0.507. The Morgan fingerprint density at radius 1 is 1.24 bits per heavy atom. The molecule has 10 nitrogen and oxygen atoms in total. The molecule has 0 fully saturated rings. The molecule has 0 bridgehead atoms. The Labute approximate surface area is 198 Å². The molecule has 1 aromatic carbocycles. The van der Waals surface area contributed by atoms with Gasteiger partial charge in [-0.2, -0.15) is 11.3 Å². The standard InChI is InChI=1S/C19H17ClN2O8S3/c1-9-14(13(32(3,24)25)6-12-17(9)29-8-28-12)15(18-16(20)10(2)21-30-18)19(23)22-33(26,27)11-4-5-31-7-11/h4-7,15H,8H2,1-3H3,(H,22,23). The zero-order chi connectivity index (χ0) is 24.1. The zero-order valence-corrected chi connectivity index (χ0v) is 20.6. The highest BCUT2D eigenvalue weighted by Crippen LogP contribution is 2.46. The number of aryl methyl sites for hydroxylation is 1. The van der Waals surface area contributed by atoms with Crippen LogP contribution in [0.3, 0.4) is 0 Å². The van der Waals surface area contributed by atoms with E-state index in [1.165, 1.54) is 36.7 Å². The normalized spacial score (nSPS) is 14.3. The number of ether oxygens (including phenoxy) is 2. The van der Waals surface area contributed by atoms with Crippen molar-refractivity contribution in [2.75, 3.05) is 13.0 Å². The summed E-state index contributed by atoms with van der Waals surface area (Å²) in [6.45, 7) is 2.91. The van der Waals surface area contributed by atoms with Crippen molar-refractivity contribution in [2.24, 2.45) is 0 Å². The van der Waals surface area contributed by atoms with Gasteiger partial charge in [-0.1, -0.05) is 16.8 Å². The highest BCUT2D eigenvalue weighted by Gasteiger charge is 2.39. The lowest BCUT2D eigenvalue weighted by Crippen LogP contribution is -2.35. The monoisotopic (exact) mass is 532 g/mol. The highest BCUT2D eigenvalue weighted by atomic mass is 35.5. The van der Waals surface area contributed by atoms with Gasteiger partial charge in [0.2, 0.25) is 12.7 Å². The van der Waals surface area contributed by atoms with E-state index in [9.17, 15) is 21.6 Å². The number of thiophene rings is 1. The fourth-order valence-corrected chi connectivity index (χ4v) is 6.64. The van der Waals surface area contributed by atoms with Crippen LogP contribution in [-0.4, -0.2) is 40.9 Å². The molecule has 0 saturated heterocycles. The molecule has 14 heteroatoms. The molecule has 176 valence electrons. The smallest absolute Gasteiger partial charge is 0.264 e. The highest BCUT2D eigenvalue weighted by molar-refractivity contribution is 7.91. The summed E-state index contributed by atoms with van der Waals surface area (Å²) in [4.78, 5) is 13.1. The van der Waals surface area contributed by atoms with E-state index < -0.39 is 31.7 Å². The molecule has 1 aliphatic heterocycles. The van der Waals surface area contributed by atoms with Crippen LogP contribution in [0.25, 0.3) is 0 Å². The van der Waals surface area contributed by atoms with E-state index in [0.717, 1.165) is 17.6 Å². The van der Waals surface area contributed by atoms with Gasteiger partial charge in [0.25, 0.3) is 10.0 Å². The molecule has 3 aromatic rings. The molecule has 0 aliphatic carbocycles. The van der Waals surface area contributed by atoms with Crippen molar-refractivity contribution in [3.05, 3.63) is 50.5 Å². The van der Waals surface area contributed by atoms with Gasteiger partial charge in [0.15, 0.2) is 27.1 Å². The number of benzene rings is 1. The SMILES string of the molecule is Cc1noc(C(C(=O)NS(=O)(=O)c2ccsc2)c2c(S(C)(=O)=O)cc3c(c2C)OCO3)c1Cl. The van der Waals surface area contributed by atoms with Crippen LogP contribution in [0.15, 0.2) is 37.2 Å². The number of hydrogen-bond donors (Lipinski definition) is 1. The lowest BCUT2D eigenvalue weighted by Gasteiger charge is -2.21. The number of carbonyl (C=O) groups is 1. The average molecular weight is 533 g/mol. The van der Waals surface area contributed by atoms with Gasteiger partial charge < -0.3 is 14.0 Å². The number of halogens is 1. The molecule has 1 atom stereocenters. The third-order valence-electron chi connectivity index (χ3n) is 4.98. The molecule has 0 radical (unpaired) electrons. The first-order valence-electron chi connectivity index (χ1n) is 9.25. The summed E-state index contributed by atoms with van der Waals surface area (Å²) in [5, 5.41) is 6.59. The van der Waals surface area contributed by atoms with Crippen molar-refractivity contribution in [3.63, 3.8) is 0 Å². The fourth-order valence-electron chi connectivity index (χ4n) is 3.45. The van der Waals surface area contributed by atoms with Gasteiger partial charge in [-0.25, -0.2) is 21.6 Å². The van der Waals surface area contributed by atoms with E-state index in [-0.39, 0.29) is 55.7 Å². The van der Waals surface area contributed by atoms with Crippen molar-refractivity contribution in [2.45, 2.75) is 29.6 Å². The lowest BCUT2D eigenvalue weighted by atomic mass is 9.91. The zero-order valence-electron chi connectivity index (χ0n) is 17.4. The van der Waals surface area contributed by atoms with Crippen molar-refractivity contribution >= 4 is 48.7 Å². The Hall–Kier alpha value is -2.61. The first-order valence-corrected chi connectivity index (χ1v) is 13.9. The average Bonchev–Trinajstić information content (AvgIpc) is 3.46. The minimum absolute atomic E-state index is 0.0420. The third kappa shape index (κ3) is 4.21. The summed E-state index contributed by atoms with van der Waals surface area (Å²) in [6.07, 6.45) is 0.956. The predicted octanol–water partition coefficient (Wildman–Crippen LogP) is 2.78. The van der Waals surface area contributed by atoms with Gasteiger partial charge in [-0.3, -0.25) is 4.79 Å². The second-order valence-corrected chi connectivity index (χ2v) is 12.1. The number of sulfone groups is 1. The third-order valence-corrected chi connectivity index (χ3v) is 8.75. The van der Waals surface area contributed by atoms with Crippen molar-refractivity contribution in [1.82, 2.24) is 9.88 Å². The summed E-state index contributed by atoms with van der Waals surface area (Å²) >= 11 is 7.45. The van der Waals surface area contributed by atoms with E-state index in [0.29, 0.717) is 0 Å². The molecular weight excluding hydrogens is 516 g/mol. The lowest BCUT2D eigenvalue weighted by molar-refractivity contribution is -0.120. The summed E-state index contributed by atoms with van der Waals surface area (Å²) < 4.78 is 69.0. The van der Waals surface area contributed by atoms with E-state index >= 15 is 0 Å². The van der Waals surface area contributed by atoms with Crippen LogP contribution in [0, 0.1) is 13.8 Å². The van der Waals surface area contributed by atoms with Crippen LogP contribution in [0.1, 0.15) is 28.5 Å². The first-order chi connectivity index (χ1) is 15.4. The minimum Gasteiger partial charge on any atom is -0.454 e. The van der Waals surface area contributed by atoms with Crippen molar-refractivity contribution < 1.29 is 35.6 Å². The largest absolute Gasteiger partial charge is 0.454 e. The number of nitrogens with one attached hydrogen (secondary N) is 1. The van der Waals surface area contributed by atoms with Crippen LogP contribution in [-0.2, 0) is 24.7 Å². The Morgan fingerprint density at radius 2 is 1.97 bits per heavy atom. The van der Waals surface area contributed by atoms with Crippen LogP contribution in [0.5, 0.6) is 11.5 Å². The predicted molar refractivity (Wildman–Crippen MR) is 118 cm³/mol. The molecule has 1 N–H and O–H groups in total. The minimum atomic E-state index is -4.26. The Bertz CT molecular complexity index is 1460. The Balaban J connectivity index is 1.96. The van der Waals surface area contributed by atoms with Gasteiger partial charge in [0, 0.05) is 23.3 Å². The Morgan fingerprint density at radius 3 is 2.55 bits per heavy atom. The molecule has 1 aliphatic rings. The van der Waals surface area contributed by atoms with Gasteiger partial charge in [0.05, 0.1) is 15.5 Å². The maximum absolute atomic E-state index is 13.4. The molecule has 1 unspecified atom stereocenters. The number of sulfonamides is 1. The molecule has 3 heterocycles. The van der Waals surface area contributed by atoms with E-state index in [4.69, 9.17) is 25.6 Å². The van der Waals surface area contributed by atoms with Gasteiger partial charge in [-0.15, -0.1) is 0 Å². The number of carbonyl (C=O) groups excluding carboxylic acids is 1. The van der Waals surface area contributed by atoms with Crippen LogP contribution in [0.4, 0.5) is 0 Å². The maximum Gasteiger partial charge on any atom is 0.264 e. The first kappa shape index (κ1) is 23.5. The summed E-state index contributed by atoms with van der Waals surface area (Å²) in [5.41, 5.74) is 0.436. The number of nitrogens with zero attached hydrogens (tertiary/aromatic N) is 1. The van der Waals surface area contributed by atoms with Gasteiger partial charge in [-0.05, 0) is 30.9 Å². The summed E-state index contributed by atoms with van der Waals surface area (Å²) in [6, 6.07) is 2.55. The van der Waals surface area contributed by atoms with Crippen LogP contribution in [0.2, 0.25) is 5.02 Å². The van der Waals surface area contributed by atoms with Crippen molar-refractivity contribution in [1.29, 1.82) is 0 Å². The number of rotatable bonds is 6. The molecule has 0 spiro atoms. The van der Waals surface area contributed by atoms with E-state index in [1.54, 1.807) is 0 Å². The molecule has 4 rings (SSSR count). The fraction of sp³-hybridized carbons (Fsp3) is 0.263. The molecule has 33 heavy (non-hydrogen) atoms. The second-order valence-electron chi connectivity index (χ2n) is 7.23. The van der Waals surface area contributed by atoms with Gasteiger partial charge in [0.1, 0.15) is 10.9 Å². The Kier molecular flexibility index (Phi) is 5.93. The van der Waals surface area contributed by atoms with Crippen molar-refractivity contribution in [3.8, 4) is 11.5 Å². The molecule has 0 saturated carbocycles. The topological polar surface area (TPSA) is 142 Å². The number of amides is 1. The molecular formula is C19H17ClN2O8S3. The number of aromatic nitrogens is 1. The molecule has 1 amide bonds. The summed E-state index contributed by atoms with van der Waals surface area (Å²) in [7, 11) is -8.18. The number of hydrogen-bond acceptors (Lipinski definition) is 10. The van der Waals surface area contributed by atoms with Crippen LogP contribution >= 0.6 is 22.9 Å². The maximum atomic E-state index is 13.4. The van der Waals surface area contributed by atoms with E-state index in [1.807, 2.05) is 4.72 Å². The van der Waals surface area contributed by atoms with Crippen LogP contribution < -0.4 is 14.2 Å². The number of fused-ring (bicyclic) bond motifs is 1. The molecule has 2 aromatic heterocycles. The summed E-state index contributed by atoms with van der Waals surface area (Å²) in [5.74, 6) is -2.46. The van der Waals surface area contributed by atoms with Gasteiger partial charge >= 0.3 is 0 Å². The van der Waals surface area contributed by atoms with E-state index in [2.05, 4.69) is 5.16 Å². The second kappa shape index (κ2) is 8.31.